The second kappa shape index (κ2) is 23.5. The molecule has 18 heteroatoms. The molecule has 0 bridgehead atoms. The maximum absolute atomic E-state index is 13.2. The number of aliphatic hydroxyl groups excluding tert-OH is 3. The third-order valence-corrected chi connectivity index (χ3v) is 10.9. The van der Waals surface area contributed by atoms with Gasteiger partial charge in [-0.15, -0.1) is 0 Å². The number of primary amides is 1. The van der Waals surface area contributed by atoms with E-state index in [4.69, 9.17) is 24.7 Å². The van der Waals surface area contributed by atoms with E-state index in [2.05, 4.69) is 22.5 Å². The molecule has 2 fully saturated rings. The Morgan fingerprint density at radius 2 is 1.62 bits per heavy atom. The number of rotatable bonds is 23. The number of aromatic amines is 1. The Labute approximate surface area is 338 Å². The number of amides is 3. The number of H-pyrrole nitrogens is 1. The number of unbranched alkanes of at least 4 members (excludes halogenated alkanes) is 12. The molecule has 1 aromatic heterocycles. The van der Waals surface area contributed by atoms with Crippen LogP contribution >= 0.6 is 0 Å². The molecule has 0 aliphatic carbocycles. The molecule has 3 aliphatic rings. The number of ether oxygens (including phenoxy) is 4. The molecule has 0 unspecified atom stereocenters. The van der Waals surface area contributed by atoms with E-state index in [-0.39, 0.29) is 12.5 Å². The lowest BCUT2D eigenvalue weighted by molar-refractivity contribution is -0.239. The van der Waals surface area contributed by atoms with Crippen molar-refractivity contribution in [2.75, 3.05) is 6.61 Å². The van der Waals surface area contributed by atoms with E-state index in [1.165, 1.54) is 51.4 Å². The fourth-order valence-electron chi connectivity index (χ4n) is 7.62. The van der Waals surface area contributed by atoms with E-state index in [1.54, 1.807) is 0 Å². The van der Waals surface area contributed by atoms with Gasteiger partial charge in [-0.3, -0.25) is 33.5 Å². The molecule has 10 atom stereocenters. The van der Waals surface area contributed by atoms with Gasteiger partial charge in [0, 0.05) is 24.7 Å². The number of nitrogens with zero attached hydrogens (tertiary/aromatic N) is 1. The number of nitrogens with two attached hydrogens (primary N) is 1. The van der Waals surface area contributed by atoms with Crippen LogP contribution in [-0.2, 0) is 38.1 Å². The number of carbonyl (C=O) groups is 4. The molecular weight excluding hydrogens is 758 g/mol. The smallest absolute Gasteiger partial charge is 0.330 e. The number of hydrogen-bond acceptors (Lipinski definition) is 13. The Balaban J connectivity index is 1.40. The monoisotopic (exact) mass is 821 g/mol. The van der Waals surface area contributed by atoms with Crippen molar-refractivity contribution >= 4 is 23.7 Å². The molecule has 58 heavy (non-hydrogen) atoms. The van der Waals surface area contributed by atoms with Crippen LogP contribution in [0.2, 0.25) is 0 Å². The van der Waals surface area contributed by atoms with E-state index in [1.807, 2.05) is 6.92 Å². The van der Waals surface area contributed by atoms with E-state index in [0.29, 0.717) is 25.7 Å². The van der Waals surface area contributed by atoms with Crippen LogP contribution in [0.5, 0.6) is 0 Å². The second-order valence-corrected chi connectivity index (χ2v) is 15.6. The number of esters is 1. The van der Waals surface area contributed by atoms with Gasteiger partial charge in [0.05, 0.1) is 12.5 Å². The number of aliphatic hydroxyl groups is 3. The predicted octanol–water partition coefficient (Wildman–Crippen LogP) is 1.44. The fourth-order valence-corrected chi connectivity index (χ4v) is 7.62. The minimum absolute atomic E-state index is 0.0266. The van der Waals surface area contributed by atoms with Crippen LogP contribution in [0, 0.1) is 5.92 Å². The van der Waals surface area contributed by atoms with Gasteiger partial charge in [-0.25, -0.2) is 4.79 Å². The summed E-state index contributed by atoms with van der Waals surface area (Å²) in [5.41, 5.74) is 4.10. The molecule has 326 valence electrons. The molecule has 3 aliphatic heterocycles. The number of nitrogens with one attached hydrogen (secondary N) is 3. The third-order valence-electron chi connectivity index (χ3n) is 10.9. The highest BCUT2D eigenvalue weighted by Crippen LogP contribution is 2.39. The Bertz CT molecular complexity index is 1650. The lowest BCUT2D eigenvalue weighted by Crippen LogP contribution is -2.54. The zero-order valence-corrected chi connectivity index (χ0v) is 33.7. The first kappa shape index (κ1) is 46.6. The topological polar surface area (TPSA) is 271 Å². The van der Waals surface area contributed by atoms with Crippen molar-refractivity contribution in [1.29, 1.82) is 0 Å². The zero-order chi connectivity index (χ0) is 42.2. The van der Waals surface area contributed by atoms with Crippen molar-refractivity contribution in [2.45, 2.75) is 178 Å². The molecule has 1 aromatic rings. The van der Waals surface area contributed by atoms with Crippen LogP contribution in [-0.4, -0.2) is 104 Å². The quantitative estimate of drug-likeness (QED) is 0.0609. The highest BCUT2D eigenvalue weighted by Gasteiger charge is 2.54. The predicted molar refractivity (Wildman–Crippen MR) is 208 cm³/mol. The normalized spacial score (nSPS) is 27.8. The van der Waals surface area contributed by atoms with Crippen molar-refractivity contribution in [2.24, 2.45) is 11.7 Å². The molecule has 0 aromatic carbocycles. The van der Waals surface area contributed by atoms with Gasteiger partial charge in [-0.2, -0.15) is 0 Å². The summed E-state index contributed by atoms with van der Waals surface area (Å²) < 4.78 is 24.2. The van der Waals surface area contributed by atoms with E-state index in [9.17, 15) is 44.1 Å². The minimum atomic E-state index is -1.91. The number of aromatic nitrogens is 2. The van der Waals surface area contributed by atoms with Gasteiger partial charge in [-0.05, 0) is 38.7 Å². The molecule has 18 nitrogen and oxygen atoms in total. The summed E-state index contributed by atoms with van der Waals surface area (Å²) in [7, 11) is 0. The SMILES string of the molecule is CCCCCCCCCCCCCCCC(=O)O[C@@H]1[C@H](CO)[C@@H]([C@@H](O[C@H]2OC(C(=O)N[C@H]3CCC[C@@H](C)NC3=O)=C[C@H](O)[C@@H]2O)C(N)=O)O[C@H]1n1ccc(=O)[nH]c1=O. The van der Waals surface area contributed by atoms with E-state index < -0.39 is 102 Å². The van der Waals surface area contributed by atoms with Crippen LogP contribution in [0.3, 0.4) is 0 Å². The van der Waals surface area contributed by atoms with Crippen LogP contribution in [0.15, 0.2) is 33.7 Å². The molecular formula is C40H63N5O13. The number of hydrogen-bond donors (Lipinski definition) is 7. The second-order valence-electron chi connectivity index (χ2n) is 15.6. The molecule has 0 saturated carbocycles. The van der Waals surface area contributed by atoms with Crippen LogP contribution in [0.1, 0.15) is 129 Å². The standard InChI is InChI=1S/C40H63N5O13/c1-3-4-5-6-7-8-9-10-11-12-13-14-15-19-30(49)56-33-25(23-46)32(57-38(33)45-21-20-29(48)44-40(45)54)34(35(41)51)58-39-31(50)27(47)22-28(55-39)37(53)43-26-18-16-17-24(2)42-36(26)52/h20-22,24-27,31-34,38-39,46-47,50H,3-19,23H2,1-2H3,(H2,41,51)(H,42,52)(H,43,53)(H,44,48,54)/t24-,25-,26+,27+,31+,32+,33-,34-,38-,39-/m1/s1. The van der Waals surface area contributed by atoms with Crippen molar-refractivity contribution < 1.29 is 53.4 Å². The first-order valence-corrected chi connectivity index (χ1v) is 20.9. The maximum atomic E-state index is 13.2. The minimum Gasteiger partial charge on any atom is -0.457 e. The maximum Gasteiger partial charge on any atom is 0.330 e. The molecule has 0 spiro atoms. The zero-order valence-electron chi connectivity index (χ0n) is 33.7. The lowest BCUT2D eigenvalue weighted by atomic mass is 9.94. The summed E-state index contributed by atoms with van der Waals surface area (Å²) in [6.07, 6.45) is 6.48. The summed E-state index contributed by atoms with van der Waals surface area (Å²) in [6, 6.07) is 0.0420. The van der Waals surface area contributed by atoms with E-state index in [0.717, 1.165) is 48.6 Å². The first-order valence-electron chi connectivity index (χ1n) is 20.9. The lowest BCUT2D eigenvalue weighted by Gasteiger charge is -2.35. The van der Waals surface area contributed by atoms with Crippen molar-refractivity contribution in [1.82, 2.24) is 20.2 Å². The van der Waals surface area contributed by atoms with Gasteiger partial charge < -0.3 is 50.6 Å². The van der Waals surface area contributed by atoms with Crippen molar-refractivity contribution in [3.8, 4) is 0 Å². The summed E-state index contributed by atoms with van der Waals surface area (Å²) in [6.45, 7) is 3.28. The largest absolute Gasteiger partial charge is 0.457 e. The van der Waals surface area contributed by atoms with Crippen LogP contribution in [0.4, 0.5) is 0 Å². The Hall–Kier alpha value is -4.10. The van der Waals surface area contributed by atoms with Gasteiger partial charge >= 0.3 is 11.7 Å². The molecule has 4 heterocycles. The van der Waals surface area contributed by atoms with Crippen LogP contribution < -0.4 is 27.6 Å². The highest BCUT2D eigenvalue weighted by molar-refractivity contribution is 5.95. The molecule has 3 amide bonds. The van der Waals surface area contributed by atoms with Gasteiger partial charge in [0.25, 0.3) is 11.5 Å². The van der Waals surface area contributed by atoms with Gasteiger partial charge in [0.1, 0.15) is 24.4 Å². The molecule has 2 saturated heterocycles. The summed E-state index contributed by atoms with van der Waals surface area (Å²) in [5, 5.41) is 37.4. The third kappa shape index (κ3) is 13.5. The molecule has 4 rings (SSSR count). The van der Waals surface area contributed by atoms with Crippen molar-refractivity contribution in [3.63, 3.8) is 0 Å². The number of carbonyl (C=O) groups excluding carboxylic acids is 4. The van der Waals surface area contributed by atoms with Gasteiger partial charge in [-0.1, -0.05) is 84.0 Å². The fraction of sp³-hybridized carbons (Fsp3) is 0.750. The Morgan fingerprint density at radius 3 is 2.22 bits per heavy atom. The van der Waals surface area contributed by atoms with Crippen LogP contribution in [0.25, 0.3) is 0 Å². The summed E-state index contributed by atoms with van der Waals surface area (Å²) in [5.74, 6) is -4.91. The average Bonchev–Trinajstić information content (AvgIpc) is 3.44. The first-order chi connectivity index (χ1) is 27.8. The van der Waals surface area contributed by atoms with Gasteiger partial charge in [0.15, 0.2) is 24.2 Å². The Morgan fingerprint density at radius 1 is 0.983 bits per heavy atom. The summed E-state index contributed by atoms with van der Waals surface area (Å²) >= 11 is 0. The van der Waals surface area contributed by atoms with E-state index >= 15 is 0 Å². The highest BCUT2D eigenvalue weighted by atomic mass is 16.7. The van der Waals surface area contributed by atoms with Crippen molar-refractivity contribution in [3.05, 3.63) is 44.9 Å². The van der Waals surface area contributed by atoms with Gasteiger partial charge in [0.2, 0.25) is 18.1 Å². The summed E-state index contributed by atoms with van der Waals surface area (Å²) in [4.78, 5) is 78.9. The average molecular weight is 822 g/mol. The Kier molecular flexibility index (Phi) is 18.9. The molecule has 8 N–H and O–H groups in total. The molecule has 0 radical (unpaired) electrons.